The van der Waals surface area contributed by atoms with Gasteiger partial charge in [0, 0.05) is 18.9 Å². The Balaban J connectivity index is 2.18. The van der Waals surface area contributed by atoms with E-state index in [0.717, 1.165) is 24.8 Å². The van der Waals surface area contributed by atoms with Gasteiger partial charge in [0.25, 0.3) is 0 Å². The first-order valence-electron chi connectivity index (χ1n) is 6.58. The number of carbonyl (C=O) groups excluding carboxylic acids is 2. The fourth-order valence-corrected chi connectivity index (χ4v) is 2.35. The fourth-order valence-electron chi connectivity index (χ4n) is 2.35. The normalized spacial score (nSPS) is 15.5. The molecule has 0 bridgehead atoms. The van der Waals surface area contributed by atoms with Crippen molar-refractivity contribution >= 4 is 11.8 Å². The van der Waals surface area contributed by atoms with E-state index in [9.17, 15) is 9.59 Å². The average Bonchev–Trinajstić information content (AvgIpc) is 2.39. The van der Waals surface area contributed by atoms with Crippen molar-refractivity contribution < 1.29 is 14.3 Å². The summed E-state index contributed by atoms with van der Waals surface area (Å²) in [6.45, 7) is 1.49. The van der Waals surface area contributed by atoms with Crippen LogP contribution in [-0.4, -0.2) is 18.4 Å². The molecule has 3 heteroatoms. The SMILES string of the molecule is CC(=O)OCC1=C(Cc2ccccc2)CCCC1=O. The molecule has 0 unspecified atom stereocenters. The molecule has 2 rings (SSSR count). The van der Waals surface area contributed by atoms with E-state index in [2.05, 4.69) is 12.1 Å². The van der Waals surface area contributed by atoms with Crippen LogP contribution in [0.15, 0.2) is 41.5 Å². The van der Waals surface area contributed by atoms with Crippen LogP contribution in [0.25, 0.3) is 0 Å². The first kappa shape index (κ1) is 13.5. The van der Waals surface area contributed by atoms with Gasteiger partial charge in [-0.2, -0.15) is 0 Å². The van der Waals surface area contributed by atoms with Crippen molar-refractivity contribution in [1.29, 1.82) is 0 Å². The summed E-state index contributed by atoms with van der Waals surface area (Å²) in [6.07, 6.45) is 3.14. The predicted molar refractivity (Wildman–Crippen MR) is 72.7 cm³/mol. The second kappa shape index (κ2) is 6.32. The number of hydrogen-bond acceptors (Lipinski definition) is 3. The van der Waals surface area contributed by atoms with E-state index in [-0.39, 0.29) is 18.4 Å². The van der Waals surface area contributed by atoms with Crippen LogP contribution in [0.3, 0.4) is 0 Å². The van der Waals surface area contributed by atoms with E-state index in [4.69, 9.17) is 4.74 Å². The third kappa shape index (κ3) is 3.78. The third-order valence-corrected chi connectivity index (χ3v) is 3.33. The van der Waals surface area contributed by atoms with Crippen molar-refractivity contribution in [3.05, 3.63) is 47.0 Å². The second-order valence-corrected chi connectivity index (χ2v) is 4.80. The highest BCUT2D eigenvalue weighted by atomic mass is 16.5. The first-order valence-corrected chi connectivity index (χ1v) is 6.58. The summed E-state index contributed by atoms with van der Waals surface area (Å²) in [4.78, 5) is 22.9. The molecule has 0 amide bonds. The Morgan fingerprint density at radius 2 is 1.95 bits per heavy atom. The zero-order valence-electron chi connectivity index (χ0n) is 11.1. The molecule has 0 aromatic heterocycles. The predicted octanol–water partition coefficient (Wildman–Crippen LogP) is 2.84. The van der Waals surface area contributed by atoms with Crippen molar-refractivity contribution in [1.82, 2.24) is 0 Å². The van der Waals surface area contributed by atoms with Gasteiger partial charge >= 0.3 is 5.97 Å². The third-order valence-electron chi connectivity index (χ3n) is 3.33. The van der Waals surface area contributed by atoms with Gasteiger partial charge in [0.1, 0.15) is 6.61 Å². The number of benzene rings is 1. The summed E-state index contributed by atoms with van der Waals surface area (Å²) in [7, 11) is 0. The Morgan fingerprint density at radius 3 is 2.63 bits per heavy atom. The van der Waals surface area contributed by atoms with Gasteiger partial charge < -0.3 is 4.74 Å². The quantitative estimate of drug-likeness (QED) is 0.780. The van der Waals surface area contributed by atoms with E-state index in [1.807, 2.05) is 18.2 Å². The summed E-state index contributed by atoms with van der Waals surface area (Å²) >= 11 is 0. The van der Waals surface area contributed by atoms with Gasteiger partial charge in [-0.15, -0.1) is 0 Å². The van der Waals surface area contributed by atoms with Crippen LogP contribution in [0.1, 0.15) is 31.7 Å². The molecule has 100 valence electrons. The molecule has 0 saturated carbocycles. The zero-order chi connectivity index (χ0) is 13.7. The molecule has 0 aliphatic heterocycles. The summed E-state index contributed by atoms with van der Waals surface area (Å²) in [5.74, 6) is -0.219. The largest absolute Gasteiger partial charge is 0.461 e. The lowest BCUT2D eigenvalue weighted by Gasteiger charge is -2.19. The van der Waals surface area contributed by atoms with Crippen molar-refractivity contribution in [3.63, 3.8) is 0 Å². The van der Waals surface area contributed by atoms with Crippen molar-refractivity contribution in [2.45, 2.75) is 32.6 Å². The maximum Gasteiger partial charge on any atom is 0.302 e. The molecular weight excluding hydrogens is 240 g/mol. The maximum absolute atomic E-state index is 12.0. The van der Waals surface area contributed by atoms with Gasteiger partial charge in [0.15, 0.2) is 5.78 Å². The van der Waals surface area contributed by atoms with E-state index in [1.54, 1.807) is 0 Å². The van der Waals surface area contributed by atoms with Crippen LogP contribution in [0.2, 0.25) is 0 Å². The van der Waals surface area contributed by atoms with Crippen LogP contribution in [0.4, 0.5) is 0 Å². The minimum absolute atomic E-state index is 0.121. The van der Waals surface area contributed by atoms with E-state index in [0.29, 0.717) is 12.0 Å². The van der Waals surface area contributed by atoms with E-state index < -0.39 is 0 Å². The molecule has 1 aromatic rings. The van der Waals surface area contributed by atoms with Crippen molar-refractivity contribution in [3.8, 4) is 0 Å². The first-order chi connectivity index (χ1) is 9.16. The van der Waals surface area contributed by atoms with E-state index >= 15 is 0 Å². The van der Waals surface area contributed by atoms with Gasteiger partial charge in [-0.1, -0.05) is 35.9 Å². The molecule has 0 radical (unpaired) electrons. The Kier molecular flexibility index (Phi) is 4.50. The number of esters is 1. The molecule has 0 atom stereocenters. The molecule has 3 nitrogen and oxygen atoms in total. The van der Waals surface area contributed by atoms with Gasteiger partial charge in [0.2, 0.25) is 0 Å². The lowest BCUT2D eigenvalue weighted by Crippen LogP contribution is -2.18. The van der Waals surface area contributed by atoms with Crippen LogP contribution in [0, 0.1) is 0 Å². The maximum atomic E-state index is 12.0. The monoisotopic (exact) mass is 258 g/mol. The van der Waals surface area contributed by atoms with Gasteiger partial charge in [-0.05, 0) is 24.8 Å². The Bertz CT molecular complexity index is 500. The topological polar surface area (TPSA) is 43.4 Å². The highest BCUT2D eigenvalue weighted by Crippen LogP contribution is 2.25. The van der Waals surface area contributed by atoms with Gasteiger partial charge in [0.05, 0.1) is 0 Å². The van der Waals surface area contributed by atoms with Gasteiger partial charge in [-0.25, -0.2) is 0 Å². The highest BCUT2D eigenvalue weighted by Gasteiger charge is 2.21. The van der Waals surface area contributed by atoms with Crippen LogP contribution >= 0.6 is 0 Å². The average molecular weight is 258 g/mol. The number of carbonyl (C=O) groups is 2. The molecule has 1 aliphatic rings. The zero-order valence-corrected chi connectivity index (χ0v) is 11.1. The lowest BCUT2D eigenvalue weighted by molar-refractivity contribution is -0.140. The highest BCUT2D eigenvalue weighted by molar-refractivity contribution is 5.97. The number of hydrogen-bond donors (Lipinski definition) is 0. The van der Waals surface area contributed by atoms with Crippen molar-refractivity contribution in [2.24, 2.45) is 0 Å². The summed E-state index contributed by atoms with van der Waals surface area (Å²) in [6, 6.07) is 10.1. The smallest absolute Gasteiger partial charge is 0.302 e. The Hall–Kier alpha value is -1.90. The number of Topliss-reactive ketones (excluding diaryl/α,β-unsaturated/α-hetero) is 1. The van der Waals surface area contributed by atoms with Crippen LogP contribution in [-0.2, 0) is 20.7 Å². The van der Waals surface area contributed by atoms with Crippen LogP contribution in [0.5, 0.6) is 0 Å². The molecule has 0 N–H and O–H groups in total. The number of ether oxygens (including phenoxy) is 1. The summed E-state index contributed by atoms with van der Waals surface area (Å²) < 4.78 is 5.00. The molecule has 0 fully saturated rings. The second-order valence-electron chi connectivity index (χ2n) is 4.80. The standard InChI is InChI=1S/C16H18O3/c1-12(17)19-11-15-14(8-5-9-16(15)18)10-13-6-3-2-4-7-13/h2-4,6-7H,5,8-11H2,1H3. The number of rotatable bonds is 4. The molecule has 1 aromatic carbocycles. The molecule has 19 heavy (non-hydrogen) atoms. The molecule has 1 aliphatic carbocycles. The molecular formula is C16H18O3. The Morgan fingerprint density at radius 1 is 1.21 bits per heavy atom. The minimum atomic E-state index is -0.343. The van der Waals surface area contributed by atoms with E-state index in [1.165, 1.54) is 12.5 Å². The van der Waals surface area contributed by atoms with Gasteiger partial charge in [-0.3, -0.25) is 9.59 Å². The van der Waals surface area contributed by atoms with Crippen LogP contribution < -0.4 is 0 Å². The number of ketones is 1. The summed E-state index contributed by atoms with van der Waals surface area (Å²) in [5.41, 5.74) is 3.00. The summed E-state index contributed by atoms with van der Waals surface area (Å²) in [5, 5.41) is 0. The molecule has 0 saturated heterocycles. The minimum Gasteiger partial charge on any atom is -0.461 e. The fraction of sp³-hybridized carbons (Fsp3) is 0.375. The lowest BCUT2D eigenvalue weighted by atomic mass is 9.87. The van der Waals surface area contributed by atoms with Crippen molar-refractivity contribution in [2.75, 3.05) is 6.61 Å². The Labute approximate surface area is 113 Å². The molecule has 0 heterocycles. The number of allylic oxidation sites excluding steroid dienone is 1. The molecule has 0 spiro atoms.